The molecule has 0 atom stereocenters. The van der Waals surface area contributed by atoms with Crippen molar-refractivity contribution in [3.05, 3.63) is 51.9 Å². The highest BCUT2D eigenvalue weighted by molar-refractivity contribution is 5.33. The van der Waals surface area contributed by atoms with Crippen molar-refractivity contribution in [1.82, 2.24) is 9.78 Å². The lowest BCUT2D eigenvalue weighted by Gasteiger charge is -2.01. The number of aryl methyl sites for hydroxylation is 1. The first-order valence-corrected chi connectivity index (χ1v) is 6.04. The molecule has 0 aliphatic heterocycles. The smallest absolute Gasteiger partial charge is 0.274 e. The maximum absolute atomic E-state index is 12.3. The Hall–Kier alpha value is -1.77. The van der Waals surface area contributed by atoms with Crippen molar-refractivity contribution in [2.75, 3.05) is 0 Å². The Kier molecular flexibility index (Phi) is 3.18. The minimum atomic E-state index is 0.0723. The van der Waals surface area contributed by atoms with Crippen LogP contribution in [0.3, 0.4) is 0 Å². The summed E-state index contributed by atoms with van der Waals surface area (Å²) in [5.74, 6) is 0.249. The van der Waals surface area contributed by atoms with Gasteiger partial charge in [0.25, 0.3) is 5.56 Å². The van der Waals surface area contributed by atoms with Crippen LogP contribution in [-0.4, -0.2) is 9.78 Å². The molecule has 0 amide bonds. The molecule has 90 valence electrons. The summed E-state index contributed by atoms with van der Waals surface area (Å²) in [6, 6.07) is 9.68. The highest BCUT2D eigenvalue weighted by atomic mass is 16.1. The third kappa shape index (κ3) is 2.05. The summed E-state index contributed by atoms with van der Waals surface area (Å²) in [7, 11) is 0. The number of nitrogens with one attached hydrogen (secondary N) is 1. The fourth-order valence-corrected chi connectivity index (χ4v) is 2.12. The SMILES string of the molecule is CCc1[nH]n(-c2ccccc2)c(=O)c1C(C)C. The Morgan fingerprint density at radius 1 is 1.24 bits per heavy atom. The molecule has 0 radical (unpaired) electrons. The van der Waals surface area contributed by atoms with Crippen molar-refractivity contribution in [2.45, 2.75) is 33.1 Å². The molecule has 0 fully saturated rings. The molecule has 0 spiro atoms. The van der Waals surface area contributed by atoms with E-state index in [0.29, 0.717) is 0 Å². The maximum atomic E-state index is 12.3. The molecule has 3 nitrogen and oxygen atoms in total. The number of benzene rings is 1. The van der Waals surface area contributed by atoms with Crippen LogP contribution in [-0.2, 0) is 6.42 Å². The molecule has 0 aliphatic carbocycles. The van der Waals surface area contributed by atoms with Gasteiger partial charge < -0.3 is 0 Å². The van der Waals surface area contributed by atoms with Crippen LogP contribution in [0.1, 0.15) is 37.9 Å². The van der Waals surface area contributed by atoms with Gasteiger partial charge in [-0.2, -0.15) is 0 Å². The molecule has 17 heavy (non-hydrogen) atoms. The van der Waals surface area contributed by atoms with Gasteiger partial charge in [-0.05, 0) is 24.5 Å². The lowest BCUT2D eigenvalue weighted by molar-refractivity contribution is 0.819. The van der Waals surface area contributed by atoms with Gasteiger partial charge in [0.2, 0.25) is 0 Å². The first-order chi connectivity index (χ1) is 8.15. The average molecular weight is 230 g/mol. The number of para-hydroxylation sites is 1. The normalized spacial score (nSPS) is 11.1. The summed E-state index contributed by atoms with van der Waals surface area (Å²) in [6.45, 7) is 6.17. The second kappa shape index (κ2) is 4.62. The van der Waals surface area contributed by atoms with Gasteiger partial charge in [0.15, 0.2) is 0 Å². The number of nitrogens with zero attached hydrogens (tertiary/aromatic N) is 1. The van der Waals surface area contributed by atoms with Crippen molar-refractivity contribution in [1.29, 1.82) is 0 Å². The van der Waals surface area contributed by atoms with Gasteiger partial charge in [-0.25, -0.2) is 4.68 Å². The first kappa shape index (κ1) is 11.7. The van der Waals surface area contributed by atoms with Gasteiger partial charge in [-0.3, -0.25) is 9.89 Å². The van der Waals surface area contributed by atoms with Gasteiger partial charge in [-0.1, -0.05) is 39.0 Å². The van der Waals surface area contributed by atoms with Crippen molar-refractivity contribution < 1.29 is 0 Å². The Morgan fingerprint density at radius 3 is 2.35 bits per heavy atom. The van der Waals surface area contributed by atoms with E-state index in [0.717, 1.165) is 23.4 Å². The molecule has 0 saturated heterocycles. The molecular formula is C14H18N2O. The van der Waals surface area contributed by atoms with Crippen LogP contribution in [0.25, 0.3) is 5.69 Å². The van der Waals surface area contributed by atoms with Crippen molar-refractivity contribution in [3.8, 4) is 5.69 Å². The number of rotatable bonds is 3. The van der Waals surface area contributed by atoms with Crippen molar-refractivity contribution in [3.63, 3.8) is 0 Å². The lowest BCUT2D eigenvalue weighted by atomic mass is 10.0. The molecule has 0 aliphatic rings. The molecule has 0 unspecified atom stereocenters. The van der Waals surface area contributed by atoms with Crippen LogP contribution < -0.4 is 5.56 Å². The maximum Gasteiger partial charge on any atom is 0.274 e. The van der Waals surface area contributed by atoms with E-state index in [4.69, 9.17) is 0 Å². The van der Waals surface area contributed by atoms with Crippen LogP contribution >= 0.6 is 0 Å². The third-order valence-corrected chi connectivity index (χ3v) is 2.95. The fraction of sp³-hybridized carbons (Fsp3) is 0.357. The van der Waals surface area contributed by atoms with Crippen LogP contribution in [0.4, 0.5) is 0 Å². The number of aromatic amines is 1. The lowest BCUT2D eigenvalue weighted by Crippen LogP contribution is -2.17. The number of aromatic nitrogens is 2. The zero-order valence-corrected chi connectivity index (χ0v) is 10.5. The van der Waals surface area contributed by atoms with Gasteiger partial charge in [0, 0.05) is 11.3 Å². The predicted molar refractivity (Wildman–Crippen MR) is 69.9 cm³/mol. The van der Waals surface area contributed by atoms with Gasteiger partial charge in [-0.15, -0.1) is 0 Å². The zero-order valence-electron chi connectivity index (χ0n) is 10.5. The molecule has 2 aromatic rings. The summed E-state index contributed by atoms with van der Waals surface area (Å²) in [5.41, 5.74) is 2.90. The second-order valence-electron chi connectivity index (χ2n) is 4.49. The summed E-state index contributed by atoms with van der Waals surface area (Å²) < 4.78 is 1.63. The van der Waals surface area contributed by atoms with Crippen molar-refractivity contribution >= 4 is 0 Å². The van der Waals surface area contributed by atoms with E-state index in [1.165, 1.54) is 0 Å². The predicted octanol–water partition coefficient (Wildman–Crippen LogP) is 2.85. The van der Waals surface area contributed by atoms with Crippen LogP contribution in [0.2, 0.25) is 0 Å². The molecule has 1 heterocycles. The van der Waals surface area contributed by atoms with E-state index in [9.17, 15) is 4.79 Å². The van der Waals surface area contributed by atoms with E-state index < -0.39 is 0 Å². The minimum absolute atomic E-state index is 0.0723. The van der Waals surface area contributed by atoms with Gasteiger partial charge in [0.05, 0.1) is 5.69 Å². The summed E-state index contributed by atoms with van der Waals surface area (Å²) in [6.07, 6.45) is 0.850. The average Bonchev–Trinajstić information content (AvgIpc) is 2.67. The Bertz CT molecular complexity index is 549. The van der Waals surface area contributed by atoms with Crippen LogP contribution in [0.5, 0.6) is 0 Å². The highest BCUT2D eigenvalue weighted by Crippen LogP contribution is 2.16. The quantitative estimate of drug-likeness (QED) is 0.865. The number of hydrogen-bond donors (Lipinski definition) is 1. The Morgan fingerprint density at radius 2 is 1.88 bits per heavy atom. The largest absolute Gasteiger partial charge is 0.295 e. The summed E-state index contributed by atoms with van der Waals surface area (Å²) in [4.78, 5) is 12.3. The van der Waals surface area contributed by atoms with Crippen molar-refractivity contribution in [2.24, 2.45) is 0 Å². The minimum Gasteiger partial charge on any atom is -0.295 e. The van der Waals surface area contributed by atoms with E-state index in [1.807, 2.05) is 30.3 Å². The zero-order chi connectivity index (χ0) is 12.4. The second-order valence-corrected chi connectivity index (χ2v) is 4.49. The number of H-pyrrole nitrogens is 1. The highest BCUT2D eigenvalue weighted by Gasteiger charge is 2.16. The molecular weight excluding hydrogens is 212 g/mol. The fourth-order valence-electron chi connectivity index (χ4n) is 2.12. The molecule has 1 N–H and O–H groups in total. The van der Waals surface area contributed by atoms with E-state index >= 15 is 0 Å². The standard InChI is InChI=1S/C14H18N2O/c1-4-12-13(10(2)3)14(17)16(15-12)11-8-6-5-7-9-11/h5-10,15H,4H2,1-3H3. The molecule has 1 aromatic heterocycles. The summed E-state index contributed by atoms with van der Waals surface area (Å²) in [5, 5.41) is 3.20. The van der Waals surface area contributed by atoms with Gasteiger partial charge in [0.1, 0.15) is 0 Å². The Labute approximate surface area is 101 Å². The van der Waals surface area contributed by atoms with E-state index in [-0.39, 0.29) is 11.5 Å². The van der Waals surface area contributed by atoms with E-state index in [1.54, 1.807) is 4.68 Å². The van der Waals surface area contributed by atoms with Crippen LogP contribution in [0, 0.1) is 0 Å². The molecule has 2 rings (SSSR count). The topological polar surface area (TPSA) is 37.8 Å². The summed E-state index contributed by atoms with van der Waals surface area (Å²) >= 11 is 0. The van der Waals surface area contributed by atoms with Gasteiger partial charge >= 0.3 is 0 Å². The molecule has 0 bridgehead atoms. The third-order valence-electron chi connectivity index (χ3n) is 2.95. The van der Waals surface area contributed by atoms with Crippen LogP contribution in [0.15, 0.2) is 35.1 Å². The molecule has 3 heteroatoms. The Balaban J connectivity index is 2.62. The number of hydrogen-bond acceptors (Lipinski definition) is 1. The first-order valence-electron chi connectivity index (χ1n) is 6.04. The monoisotopic (exact) mass is 230 g/mol. The molecule has 1 aromatic carbocycles. The molecule has 0 saturated carbocycles. The van der Waals surface area contributed by atoms with E-state index in [2.05, 4.69) is 25.9 Å².